The summed E-state index contributed by atoms with van der Waals surface area (Å²) in [7, 11) is 0. The molecule has 90 valence electrons. The van der Waals surface area contributed by atoms with E-state index in [1.807, 2.05) is 0 Å². The third kappa shape index (κ3) is 1.96. The van der Waals surface area contributed by atoms with Crippen LogP contribution in [0, 0.1) is 0 Å². The van der Waals surface area contributed by atoms with Crippen LogP contribution < -0.4 is 5.73 Å². The van der Waals surface area contributed by atoms with Gasteiger partial charge in [-0.15, -0.1) is 11.3 Å². The van der Waals surface area contributed by atoms with E-state index in [4.69, 9.17) is 5.73 Å². The molecule has 0 saturated carbocycles. The van der Waals surface area contributed by atoms with Gasteiger partial charge in [0.2, 0.25) is 0 Å². The van der Waals surface area contributed by atoms with Crippen LogP contribution in [0.25, 0.3) is 10.4 Å². The zero-order chi connectivity index (χ0) is 11.8. The van der Waals surface area contributed by atoms with E-state index < -0.39 is 0 Å². The molecule has 0 unspecified atom stereocenters. The summed E-state index contributed by atoms with van der Waals surface area (Å²) in [5, 5.41) is 6.75. The van der Waals surface area contributed by atoms with E-state index in [2.05, 4.69) is 37.2 Å². The number of hydrogen-bond acceptors (Lipinski definition) is 3. The Balaban J connectivity index is 2.16. The zero-order valence-electron chi connectivity index (χ0n) is 9.45. The van der Waals surface area contributed by atoms with Crippen LogP contribution in [0.2, 0.25) is 0 Å². The molecule has 0 aliphatic carbocycles. The van der Waals surface area contributed by atoms with E-state index in [0.717, 1.165) is 23.1 Å². The molecule has 0 radical (unpaired) electrons. The topological polar surface area (TPSA) is 43.8 Å². The second kappa shape index (κ2) is 4.55. The Labute approximate surface area is 113 Å². The van der Waals surface area contributed by atoms with Crippen LogP contribution in [0.15, 0.2) is 15.9 Å². The highest BCUT2D eigenvalue weighted by Gasteiger charge is 2.21. The first kappa shape index (κ1) is 11.4. The fraction of sp³-hybridized carbons (Fsp3) is 0.417. The molecular weight excluding hydrogens is 298 g/mol. The highest BCUT2D eigenvalue weighted by Crippen LogP contribution is 2.36. The minimum atomic E-state index is 0.519. The van der Waals surface area contributed by atoms with E-state index in [1.54, 1.807) is 11.3 Å². The lowest BCUT2D eigenvalue weighted by molar-refractivity contribution is 0.484. The van der Waals surface area contributed by atoms with E-state index in [9.17, 15) is 0 Å². The van der Waals surface area contributed by atoms with Crippen LogP contribution in [0.4, 0.5) is 0 Å². The number of aryl methyl sites for hydroxylation is 1. The molecule has 5 heteroatoms. The number of aromatic nitrogens is 2. The number of halogens is 1. The van der Waals surface area contributed by atoms with Gasteiger partial charge in [0.15, 0.2) is 0 Å². The maximum absolute atomic E-state index is 5.82. The largest absolute Gasteiger partial charge is 0.325 e. The summed E-state index contributed by atoms with van der Waals surface area (Å²) in [6.45, 7) is 1.56. The van der Waals surface area contributed by atoms with Gasteiger partial charge < -0.3 is 5.73 Å². The van der Waals surface area contributed by atoms with Crippen molar-refractivity contribution in [1.82, 2.24) is 9.78 Å². The molecule has 0 fully saturated rings. The summed E-state index contributed by atoms with van der Waals surface area (Å²) in [6.07, 6.45) is 3.61. The number of fused-ring (bicyclic) bond motifs is 1. The van der Waals surface area contributed by atoms with Gasteiger partial charge in [0, 0.05) is 39.1 Å². The fourth-order valence-electron chi connectivity index (χ4n) is 2.42. The van der Waals surface area contributed by atoms with Crippen molar-refractivity contribution in [3.8, 4) is 10.4 Å². The van der Waals surface area contributed by atoms with Gasteiger partial charge in [0.25, 0.3) is 0 Å². The molecule has 3 rings (SSSR count). The molecule has 0 spiro atoms. The lowest BCUT2D eigenvalue weighted by Crippen LogP contribution is -2.11. The number of nitrogens with zero attached hydrogens (tertiary/aromatic N) is 2. The monoisotopic (exact) mass is 311 g/mol. The zero-order valence-corrected chi connectivity index (χ0v) is 11.9. The Hall–Kier alpha value is -0.650. The highest BCUT2D eigenvalue weighted by atomic mass is 79.9. The number of nitrogens with two attached hydrogens (primary N) is 1. The molecule has 0 bridgehead atoms. The van der Waals surface area contributed by atoms with Crippen LogP contribution in [0.1, 0.15) is 24.2 Å². The first-order valence-electron chi connectivity index (χ1n) is 5.82. The maximum atomic E-state index is 5.82. The van der Waals surface area contributed by atoms with E-state index in [0.29, 0.717) is 6.54 Å². The Morgan fingerprint density at radius 3 is 3.06 bits per heavy atom. The fourth-order valence-corrected chi connectivity index (χ4v) is 3.93. The van der Waals surface area contributed by atoms with E-state index >= 15 is 0 Å². The van der Waals surface area contributed by atoms with Gasteiger partial charge >= 0.3 is 0 Å². The Morgan fingerprint density at radius 2 is 2.35 bits per heavy atom. The van der Waals surface area contributed by atoms with Gasteiger partial charge in [-0.05, 0) is 41.3 Å². The number of thiophene rings is 1. The summed E-state index contributed by atoms with van der Waals surface area (Å²) in [5.74, 6) is 0. The Kier molecular flexibility index (Phi) is 3.06. The van der Waals surface area contributed by atoms with Crippen LogP contribution in [-0.4, -0.2) is 9.78 Å². The molecule has 0 aromatic carbocycles. The molecule has 2 aromatic heterocycles. The van der Waals surface area contributed by atoms with Crippen molar-refractivity contribution in [1.29, 1.82) is 0 Å². The highest BCUT2D eigenvalue weighted by molar-refractivity contribution is 9.10. The standard InChI is InChI=1S/C12H14BrN3S/c13-8-5-11(17-7-8)12-9(6-14)15-16-4-2-1-3-10(12)16/h5,7H,1-4,6,14H2. The average Bonchev–Trinajstić information content (AvgIpc) is 2.91. The van der Waals surface area contributed by atoms with Gasteiger partial charge in [0.05, 0.1) is 5.69 Å². The molecule has 2 aromatic rings. The van der Waals surface area contributed by atoms with Crippen LogP contribution >= 0.6 is 27.3 Å². The predicted octanol–water partition coefficient (Wildman–Crippen LogP) is 3.17. The van der Waals surface area contributed by atoms with Crippen molar-refractivity contribution >= 4 is 27.3 Å². The Bertz CT molecular complexity index is 544. The molecule has 0 amide bonds. The van der Waals surface area contributed by atoms with Crippen molar-refractivity contribution in [3.05, 3.63) is 27.3 Å². The van der Waals surface area contributed by atoms with E-state index in [-0.39, 0.29) is 0 Å². The SMILES string of the molecule is NCc1nn2c(c1-c1cc(Br)cs1)CCCC2. The van der Waals surface area contributed by atoms with Crippen molar-refractivity contribution in [2.75, 3.05) is 0 Å². The van der Waals surface area contributed by atoms with Crippen molar-refractivity contribution < 1.29 is 0 Å². The van der Waals surface area contributed by atoms with Crippen molar-refractivity contribution in [3.63, 3.8) is 0 Å². The van der Waals surface area contributed by atoms with Crippen molar-refractivity contribution in [2.45, 2.75) is 32.4 Å². The molecule has 2 N–H and O–H groups in total. The second-order valence-electron chi connectivity index (χ2n) is 4.28. The molecule has 17 heavy (non-hydrogen) atoms. The average molecular weight is 312 g/mol. The number of hydrogen-bond donors (Lipinski definition) is 1. The normalized spacial score (nSPS) is 14.9. The minimum Gasteiger partial charge on any atom is -0.325 e. The molecular formula is C12H14BrN3S. The minimum absolute atomic E-state index is 0.519. The lowest BCUT2D eigenvalue weighted by atomic mass is 10.0. The third-order valence-corrected chi connectivity index (χ3v) is 4.88. The van der Waals surface area contributed by atoms with Gasteiger partial charge in [-0.2, -0.15) is 5.10 Å². The van der Waals surface area contributed by atoms with Crippen molar-refractivity contribution in [2.24, 2.45) is 5.73 Å². The first-order chi connectivity index (χ1) is 8.29. The second-order valence-corrected chi connectivity index (χ2v) is 6.11. The summed E-state index contributed by atoms with van der Waals surface area (Å²) in [4.78, 5) is 1.28. The summed E-state index contributed by atoms with van der Waals surface area (Å²) >= 11 is 5.27. The molecule has 0 saturated heterocycles. The first-order valence-corrected chi connectivity index (χ1v) is 7.50. The van der Waals surface area contributed by atoms with Gasteiger partial charge in [-0.3, -0.25) is 4.68 Å². The molecule has 0 atom stereocenters. The van der Waals surface area contributed by atoms with Gasteiger partial charge in [0.1, 0.15) is 0 Å². The Morgan fingerprint density at radius 1 is 1.47 bits per heavy atom. The number of rotatable bonds is 2. The molecule has 3 nitrogen and oxygen atoms in total. The molecule has 1 aliphatic heterocycles. The molecule has 1 aliphatic rings. The van der Waals surface area contributed by atoms with Gasteiger partial charge in [-0.1, -0.05) is 0 Å². The third-order valence-electron chi connectivity index (χ3n) is 3.17. The predicted molar refractivity (Wildman–Crippen MR) is 74.1 cm³/mol. The maximum Gasteiger partial charge on any atom is 0.0849 e. The van der Waals surface area contributed by atoms with Crippen LogP contribution in [-0.2, 0) is 19.5 Å². The summed E-state index contributed by atoms with van der Waals surface area (Å²) < 4.78 is 3.28. The van der Waals surface area contributed by atoms with Crippen LogP contribution in [0.5, 0.6) is 0 Å². The van der Waals surface area contributed by atoms with Gasteiger partial charge in [-0.25, -0.2) is 0 Å². The van der Waals surface area contributed by atoms with Crippen LogP contribution in [0.3, 0.4) is 0 Å². The quantitative estimate of drug-likeness (QED) is 0.925. The smallest absolute Gasteiger partial charge is 0.0849 e. The summed E-state index contributed by atoms with van der Waals surface area (Å²) in [6, 6.07) is 2.16. The summed E-state index contributed by atoms with van der Waals surface area (Å²) in [5.41, 5.74) is 9.51. The lowest BCUT2D eigenvalue weighted by Gasteiger charge is -2.14. The molecule has 3 heterocycles. The van der Waals surface area contributed by atoms with E-state index in [1.165, 1.54) is 29.0 Å².